The molecule has 0 radical (unpaired) electrons. The van der Waals surface area contributed by atoms with Gasteiger partial charge < -0.3 is 10.1 Å². The Kier molecular flexibility index (Phi) is 5.03. The van der Waals surface area contributed by atoms with Crippen molar-refractivity contribution < 1.29 is 14.3 Å². The van der Waals surface area contributed by atoms with Gasteiger partial charge in [0.15, 0.2) is 5.78 Å². The van der Waals surface area contributed by atoms with E-state index >= 15 is 0 Å². The standard InChI is InChI=1S/C24H31NO3/c1-14-19(22(27)28-7)20(15-8-10-16(11-9-15)23(2,3)4)21-17(25-14)12-24(5,6)13-18(21)26/h8-11,20,25H,12-13H2,1-7H3. The summed E-state index contributed by atoms with van der Waals surface area (Å²) in [5, 5.41) is 3.34. The molecule has 4 heteroatoms. The lowest BCUT2D eigenvalue weighted by molar-refractivity contribution is -0.136. The molecule has 3 rings (SSSR count). The average molecular weight is 382 g/mol. The molecular formula is C24H31NO3. The zero-order chi connectivity index (χ0) is 20.9. The third-order valence-electron chi connectivity index (χ3n) is 5.76. The number of ether oxygens (including phenoxy) is 1. The molecule has 1 atom stereocenters. The molecule has 0 bridgehead atoms. The van der Waals surface area contributed by atoms with Crippen LogP contribution in [0.25, 0.3) is 0 Å². The summed E-state index contributed by atoms with van der Waals surface area (Å²) >= 11 is 0. The van der Waals surface area contributed by atoms with Gasteiger partial charge in [-0.15, -0.1) is 0 Å². The van der Waals surface area contributed by atoms with E-state index in [-0.39, 0.29) is 28.5 Å². The van der Waals surface area contributed by atoms with Gasteiger partial charge in [0, 0.05) is 29.3 Å². The first kappa shape index (κ1) is 20.4. The summed E-state index contributed by atoms with van der Waals surface area (Å²) in [7, 11) is 1.39. The van der Waals surface area contributed by atoms with E-state index in [0.29, 0.717) is 17.6 Å². The lowest BCUT2D eigenvalue weighted by Gasteiger charge is -2.39. The SMILES string of the molecule is COC(=O)C1=C(C)NC2=C(C(=O)CC(C)(C)C2)C1c1ccc(C(C)(C)C)cc1. The highest BCUT2D eigenvalue weighted by molar-refractivity contribution is 6.04. The van der Waals surface area contributed by atoms with Gasteiger partial charge in [-0.25, -0.2) is 4.79 Å². The van der Waals surface area contributed by atoms with Crippen LogP contribution in [0.2, 0.25) is 0 Å². The molecule has 0 saturated heterocycles. The third-order valence-corrected chi connectivity index (χ3v) is 5.76. The van der Waals surface area contributed by atoms with Crippen LogP contribution in [0, 0.1) is 5.41 Å². The monoisotopic (exact) mass is 381 g/mol. The van der Waals surface area contributed by atoms with Gasteiger partial charge in [0.2, 0.25) is 0 Å². The number of methoxy groups -OCH3 is 1. The van der Waals surface area contributed by atoms with Crippen LogP contribution < -0.4 is 5.32 Å². The number of carbonyl (C=O) groups is 2. The number of Topliss-reactive ketones (excluding diaryl/α,β-unsaturated/α-hetero) is 1. The molecule has 28 heavy (non-hydrogen) atoms. The number of ketones is 1. The maximum absolute atomic E-state index is 13.1. The van der Waals surface area contributed by atoms with E-state index in [9.17, 15) is 9.59 Å². The molecule has 1 aliphatic heterocycles. The van der Waals surface area contributed by atoms with Gasteiger partial charge in [0.1, 0.15) is 0 Å². The van der Waals surface area contributed by atoms with E-state index in [4.69, 9.17) is 4.74 Å². The van der Waals surface area contributed by atoms with Gasteiger partial charge in [-0.3, -0.25) is 4.79 Å². The molecule has 1 N–H and O–H groups in total. The van der Waals surface area contributed by atoms with E-state index in [1.54, 1.807) is 0 Å². The topological polar surface area (TPSA) is 55.4 Å². The fourth-order valence-electron chi connectivity index (χ4n) is 4.33. The number of carbonyl (C=O) groups excluding carboxylic acids is 2. The number of hydrogen-bond donors (Lipinski definition) is 1. The van der Waals surface area contributed by atoms with Crippen LogP contribution in [0.1, 0.15) is 71.4 Å². The van der Waals surface area contributed by atoms with Crippen molar-refractivity contribution >= 4 is 11.8 Å². The van der Waals surface area contributed by atoms with Gasteiger partial charge in [-0.1, -0.05) is 58.9 Å². The van der Waals surface area contributed by atoms with Crippen molar-refractivity contribution in [3.8, 4) is 0 Å². The van der Waals surface area contributed by atoms with E-state index in [1.807, 2.05) is 19.1 Å². The van der Waals surface area contributed by atoms with Crippen molar-refractivity contribution in [1.29, 1.82) is 0 Å². The van der Waals surface area contributed by atoms with Crippen LogP contribution in [-0.4, -0.2) is 18.9 Å². The summed E-state index contributed by atoms with van der Waals surface area (Å²) in [4.78, 5) is 25.8. The Labute approximate surface area is 168 Å². The first-order valence-corrected chi connectivity index (χ1v) is 9.87. The Morgan fingerprint density at radius 1 is 1.14 bits per heavy atom. The molecule has 0 saturated carbocycles. The molecule has 4 nitrogen and oxygen atoms in total. The number of dihydropyridines is 1. The first-order valence-electron chi connectivity index (χ1n) is 9.87. The second-order valence-electron chi connectivity index (χ2n) is 9.79. The Bertz CT molecular complexity index is 879. The average Bonchev–Trinajstić information content (AvgIpc) is 2.58. The fraction of sp³-hybridized carbons (Fsp3) is 0.500. The number of nitrogens with one attached hydrogen (secondary N) is 1. The van der Waals surface area contributed by atoms with Gasteiger partial charge in [0.05, 0.1) is 12.7 Å². The fourth-order valence-corrected chi connectivity index (χ4v) is 4.33. The third kappa shape index (κ3) is 3.65. The largest absolute Gasteiger partial charge is 0.466 e. The summed E-state index contributed by atoms with van der Waals surface area (Å²) in [6.45, 7) is 12.6. The smallest absolute Gasteiger partial charge is 0.336 e. The summed E-state index contributed by atoms with van der Waals surface area (Å²) in [6, 6.07) is 8.28. The molecule has 1 aromatic carbocycles. The molecule has 0 fully saturated rings. The quantitative estimate of drug-likeness (QED) is 0.751. The summed E-state index contributed by atoms with van der Waals surface area (Å²) in [5.41, 5.74) is 5.07. The molecule has 1 heterocycles. The van der Waals surface area contributed by atoms with Crippen LogP contribution in [0.15, 0.2) is 46.8 Å². The highest BCUT2D eigenvalue weighted by Crippen LogP contribution is 2.46. The zero-order valence-electron chi connectivity index (χ0n) is 18.0. The summed E-state index contributed by atoms with van der Waals surface area (Å²) < 4.78 is 5.08. The van der Waals surface area contributed by atoms with Crippen LogP contribution in [0.4, 0.5) is 0 Å². The number of rotatable bonds is 2. The minimum atomic E-state index is -0.390. The second-order valence-corrected chi connectivity index (χ2v) is 9.79. The molecule has 2 aliphatic rings. The zero-order valence-corrected chi connectivity index (χ0v) is 18.0. The maximum Gasteiger partial charge on any atom is 0.336 e. The minimum absolute atomic E-state index is 0.0404. The van der Waals surface area contributed by atoms with E-state index in [0.717, 1.165) is 23.4 Å². The van der Waals surface area contributed by atoms with Crippen molar-refractivity contribution in [2.75, 3.05) is 7.11 Å². The Balaban J connectivity index is 2.16. The summed E-state index contributed by atoms with van der Waals surface area (Å²) in [6.07, 6.45) is 1.27. The molecule has 0 spiro atoms. The van der Waals surface area contributed by atoms with Crippen molar-refractivity contribution in [1.82, 2.24) is 5.32 Å². The first-order chi connectivity index (χ1) is 12.9. The number of hydrogen-bond acceptors (Lipinski definition) is 4. The predicted octanol–water partition coefficient (Wildman–Crippen LogP) is 4.76. The van der Waals surface area contributed by atoms with Crippen LogP contribution >= 0.6 is 0 Å². The van der Waals surface area contributed by atoms with Gasteiger partial charge in [-0.2, -0.15) is 0 Å². The Morgan fingerprint density at radius 3 is 2.29 bits per heavy atom. The van der Waals surface area contributed by atoms with E-state index in [1.165, 1.54) is 12.7 Å². The van der Waals surface area contributed by atoms with Crippen LogP contribution in [0.3, 0.4) is 0 Å². The Hall–Kier alpha value is -2.36. The highest BCUT2D eigenvalue weighted by atomic mass is 16.5. The number of esters is 1. The normalized spacial score (nSPS) is 22.0. The van der Waals surface area contributed by atoms with Crippen molar-refractivity contribution in [3.63, 3.8) is 0 Å². The predicted molar refractivity (Wildman–Crippen MR) is 111 cm³/mol. The minimum Gasteiger partial charge on any atom is -0.466 e. The molecule has 1 aromatic rings. The van der Waals surface area contributed by atoms with Gasteiger partial charge >= 0.3 is 5.97 Å². The molecule has 0 amide bonds. The lowest BCUT2D eigenvalue weighted by Crippen LogP contribution is -2.38. The van der Waals surface area contributed by atoms with E-state index < -0.39 is 0 Å². The molecule has 1 unspecified atom stereocenters. The molecular weight excluding hydrogens is 350 g/mol. The Morgan fingerprint density at radius 2 is 1.75 bits per heavy atom. The van der Waals surface area contributed by atoms with Gasteiger partial charge in [0.25, 0.3) is 0 Å². The van der Waals surface area contributed by atoms with Gasteiger partial charge in [-0.05, 0) is 35.3 Å². The number of allylic oxidation sites excluding steroid dienone is 3. The summed E-state index contributed by atoms with van der Waals surface area (Å²) in [5.74, 6) is -0.669. The van der Waals surface area contributed by atoms with Crippen LogP contribution in [0.5, 0.6) is 0 Å². The maximum atomic E-state index is 13.1. The molecule has 1 aliphatic carbocycles. The number of benzene rings is 1. The molecule has 0 aromatic heterocycles. The van der Waals surface area contributed by atoms with Crippen molar-refractivity contribution in [2.24, 2.45) is 5.41 Å². The highest BCUT2D eigenvalue weighted by Gasteiger charge is 2.43. The van der Waals surface area contributed by atoms with E-state index in [2.05, 4.69) is 52.1 Å². The van der Waals surface area contributed by atoms with Crippen LogP contribution in [-0.2, 0) is 19.7 Å². The van der Waals surface area contributed by atoms with Crippen molar-refractivity contribution in [2.45, 2.75) is 65.7 Å². The second kappa shape index (κ2) is 6.91. The molecule has 150 valence electrons. The lowest BCUT2D eigenvalue weighted by atomic mass is 9.68. The van der Waals surface area contributed by atoms with Crippen molar-refractivity contribution in [3.05, 3.63) is 57.9 Å².